The smallest absolute Gasteiger partial charge is 0.410 e. The molecule has 1 heterocycles. The fourth-order valence-electron chi connectivity index (χ4n) is 2.66. The highest BCUT2D eigenvalue weighted by Gasteiger charge is 2.29. The Kier molecular flexibility index (Phi) is 6.51. The van der Waals surface area contributed by atoms with Crippen LogP contribution in [0, 0.1) is 0 Å². The van der Waals surface area contributed by atoms with Crippen molar-refractivity contribution < 1.29 is 17.9 Å². The SMILES string of the molecule is CC(C)(C)OC(=O)N1CCC[C@H](NS(=O)(=O)Cc2ccc(Br)cc2)C1. The number of nitrogens with one attached hydrogen (secondary N) is 1. The summed E-state index contributed by atoms with van der Waals surface area (Å²) in [6.07, 6.45) is 1.05. The summed E-state index contributed by atoms with van der Waals surface area (Å²) in [5.74, 6) is -0.0801. The molecule has 1 saturated heterocycles. The Bertz CT molecular complexity index is 698. The van der Waals surface area contributed by atoms with Crippen molar-refractivity contribution >= 4 is 32.0 Å². The number of amides is 1. The standard InChI is InChI=1S/C17H25BrN2O4S/c1-17(2,3)24-16(21)20-10-4-5-15(11-20)19-25(22,23)12-13-6-8-14(18)9-7-13/h6-9,15,19H,4-5,10-12H2,1-3H3/t15-/m0/s1. The normalized spacial score (nSPS) is 18.9. The first-order chi connectivity index (χ1) is 11.5. The van der Waals surface area contributed by atoms with Gasteiger partial charge >= 0.3 is 6.09 Å². The van der Waals surface area contributed by atoms with E-state index in [0.29, 0.717) is 19.5 Å². The number of sulfonamides is 1. The number of halogens is 1. The summed E-state index contributed by atoms with van der Waals surface area (Å²) in [5, 5.41) is 0. The summed E-state index contributed by atoms with van der Waals surface area (Å²) >= 11 is 3.33. The number of carbonyl (C=O) groups excluding carboxylic acids is 1. The van der Waals surface area contributed by atoms with Gasteiger partial charge < -0.3 is 9.64 Å². The Morgan fingerprint density at radius 2 is 1.96 bits per heavy atom. The van der Waals surface area contributed by atoms with Crippen molar-refractivity contribution in [3.63, 3.8) is 0 Å². The molecule has 1 aliphatic rings. The van der Waals surface area contributed by atoms with Crippen molar-refractivity contribution in [1.82, 2.24) is 9.62 Å². The number of nitrogens with zero attached hydrogens (tertiary/aromatic N) is 1. The number of ether oxygens (including phenoxy) is 1. The number of rotatable bonds is 4. The van der Waals surface area contributed by atoms with Crippen LogP contribution in [0.25, 0.3) is 0 Å². The average Bonchev–Trinajstić information content (AvgIpc) is 2.47. The van der Waals surface area contributed by atoms with Gasteiger partial charge in [0.15, 0.2) is 0 Å². The monoisotopic (exact) mass is 432 g/mol. The van der Waals surface area contributed by atoms with Gasteiger partial charge in [-0.1, -0.05) is 28.1 Å². The van der Waals surface area contributed by atoms with Crippen molar-refractivity contribution in [3.05, 3.63) is 34.3 Å². The molecule has 1 fully saturated rings. The van der Waals surface area contributed by atoms with Gasteiger partial charge in [0.05, 0.1) is 5.75 Å². The fraction of sp³-hybridized carbons (Fsp3) is 0.588. The Morgan fingerprint density at radius 1 is 1.32 bits per heavy atom. The lowest BCUT2D eigenvalue weighted by atomic mass is 10.1. The predicted molar refractivity (Wildman–Crippen MR) is 101 cm³/mol. The third-order valence-electron chi connectivity index (χ3n) is 3.69. The van der Waals surface area contributed by atoms with E-state index in [2.05, 4.69) is 20.7 Å². The summed E-state index contributed by atoms with van der Waals surface area (Å²) in [6, 6.07) is 6.89. The molecule has 1 aromatic carbocycles. The number of carbonyl (C=O) groups is 1. The molecule has 1 atom stereocenters. The lowest BCUT2D eigenvalue weighted by Crippen LogP contribution is -2.50. The van der Waals surface area contributed by atoms with E-state index in [1.807, 2.05) is 32.9 Å². The molecule has 0 spiro atoms. The molecule has 140 valence electrons. The molecule has 0 aliphatic carbocycles. The highest BCUT2D eigenvalue weighted by molar-refractivity contribution is 9.10. The number of piperidine rings is 1. The molecule has 1 N–H and O–H groups in total. The van der Waals surface area contributed by atoms with Crippen molar-refractivity contribution in [3.8, 4) is 0 Å². The molecular weight excluding hydrogens is 408 g/mol. The van der Waals surface area contributed by atoms with E-state index in [4.69, 9.17) is 4.74 Å². The maximum absolute atomic E-state index is 12.4. The largest absolute Gasteiger partial charge is 0.444 e. The van der Waals surface area contributed by atoms with Gasteiger partial charge in [0.1, 0.15) is 5.60 Å². The van der Waals surface area contributed by atoms with Crippen LogP contribution in [0.15, 0.2) is 28.7 Å². The van der Waals surface area contributed by atoms with Gasteiger partial charge in [-0.25, -0.2) is 17.9 Å². The Morgan fingerprint density at radius 3 is 2.56 bits per heavy atom. The zero-order chi connectivity index (χ0) is 18.7. The van der Waals surface area contributed by atoms with Crippen LogP contribution in [0.1, 0.15) is 39.2 Å². The molecule has 0 unspecified atom stereocenters. The van der Waals surface area contributed by atoms with Gasteiger partial charge in [0, 0.05) is 23.6 Å². The van der Waals surface area contributed by atoms with Gasteiger partial charge in [-0.05, 0) is 51.3 Å². The van der Waals surface area contributed by atoms with E-state index < -0.39 is 21.7 Å². The Labute approximate surface area is 158 Å². The van der Waals surface area contributed by atoms with Crippen molar-refractivity contribution in [1.29, 1.82) is 0 Å². The van der Waals surface area contributed by atoms with Crippen LogP contribution in [0.2, 0.25) is 0 Å². The van der Waals surface area contributed by atoms with Crippen LogP contribution >= 0.6 is 15.9 Å². The minimum Gasteiger partial charge on any atom is -0.444 e. The average molecular weight is 433 g/mol. The molecule has 2 rings (SSSR count). The van der Waals surface area contributed by atoms with Crippen molar-refractivity contribution in [2.45, 2.75) is 51.0 Å². The van der Waals surface area contributed by atoms with Crippen molar-refractivity contribution in [2.24, 2.45) is 0 Å². The zero-order valence-electron chi connectivity index (χ0n) is 14.8. The van der Waals surface area contributed by atoms with Crippen LogP contribution in [-0.2, 0) is 20.5 Å². The summed E-state index contributed by atoms with van der Waals surface area (Å²) < 4.78 is 33.8. The summed E-state index contributed by atoms with van der Waals surface area (Å²) in [4.78, 5) is 13.7. The first kappa shape index (κ1) is 20.2. The van der Waals surface area contributed by atoms with E-state index in [1.165, 1.54) is 0 Å². The van der Waals surface area contributed by atoms with Gasteiger partial charge in [-0.3, -0.25) is 0 Å². The van der Waals surface area contributed by atoms with E-state index in [-0.39, 0.29) is 11.8 Å². The fourth-order valence-corrected chi connectivity index (χ4v) is 4.34. The first-order valence-electron chi connectivity index (χ1n) is 8.26. The highest BCUT2D eigenvalue weighted by Crippen LogP contribution is 2.17. The van der Waals surface area contributed by atoms with E-state index in [0.717, 1.165) is 16.5 Å². The zero-order valence-corrected chi connectivity index (χ0v) is 17.2. The maximum Gasteiger partial charge on any atom is 0.410 e. The van der Waals surface area contributed by atoms with Crippen LogP contribution in [0.4, 0.5) is 4.79 Å². The van der Waals surface area contributed by atoms with Gasteiger partial charge in [-0.2, -0.15) is 0 Å². The minimum absolute atomic E-state index is 0.0801. The second kappa shape index (κ2) is 8.05. The van der Waals surface area contributed by atoms with Crippen LogP contribution in [-0.4, -0.2) is 44.1 Å². The van der Waals surface area contributed by atoms with Gasteiger partial charge in [-0.15, -0.1) is 0 Å². The highest BCUT2D eigenvalue weighted by atomic mass is 79.9. The Balaban J connectivity index is 1.94. The van der Waals surface area contributed by atoms with Crippen LogP contribution in [0.3, 0.4) is 0 Å². The molecule has 0 radical (unpaired) electrons. The maximum atomic E-state index is 12.4. The number of hydrogen-bond donors (Lipinski definition) is 1. The quantitative estimate of drug-likeness (QED) is 0.791. The lowest BCUT2D eigenvalue weighted by Gasteiger charge is -2.34. The molecule has 6 nitrogen and oxygen atoms in total. The molecule has 1 aliphatic heterocycles. The minimum atomic E-state index is -3.48. The molecule has 1 aromatic rings. The van der Waals surface area contributed by atoms with Gasteiger partial charge in [0.25, 0.3) is 0 Å². The summed E-state index contributed by atoms with van der Waals surface area (Å²) in [6.45, 7) is 6.35. The summed E-state index contributed by atoms with van der Waals surface area (Å²) in [5.41, 5.74) is 0.154. The van der Waals surface area contributed by atoms with E-state index >= 15 is 0 Å². The van der Waals surface area contributed by atoms with Crippen LogP contribution in [0.5, 0.6) is 0 Å². The second-order valence-electron chi connectivity index (χ2n) is 7.27. The predicted octanol–water partition coefficient (Wildman–Crippen LogP) is 3.27. The van der Waals surface area contributed by atoms with Gasteiger partial charge in [0.2, 0.25) is 10.0 Å². The molecular formula is C17H25BrN2O4S. The second-order valence-corrected chi connectivity index (χ2v) is 9.94. The van der Waals surface area contributed by atoms with E-state index in [9.17, 15) is 13.2 Å². The van der Waals surface area contributed by atoms with Crippen LogP contribution < -0.4 is 4.72 Å². The molecule has 0 aromatic heterocycles. The molecule has 0 bridgehead atoms. The molecule has 8 heteroatoms. The molecule has 0 saturated carbocycles. The van der Waals surface area contributed by atoms with E-state index in [1.54, 1.807) is 17.0 Å². The third-order valence-corrected chi connectivity index (χ3v) is 5.62. The molecule has 25 heavy (non-hydrogen) atoms. The van der Waals surface area contributed by atoms with Crippen molar-refractivity contribution in [2.75, 3.05) is 13.1 Å². The molecule has 1 amide bonds. The summed E-state index contributed by atoms with van der Waals surface area (Å²) in [7, 11) is -3.48. The Hall–Kier alpha value is -1.12. The third kappa shape index (κ3) is 6.95. The number of hydrogen-bond acceptors (Lipinski definition) is 4. The number of likely N-dealkylation sites (tertiary alicyclic amines) is 1. The first-order valence-corrected chi connectivity index (χ1v) is 10.7. The lowest BCUT2D eigenvalue weighted by molar-refractivity contribution is 0.0195. The number of benzene rings is 1. The topological polar surface area (TPSA) is 75.7 Å².